The number of carbonyl (C=O) groups is 1. The molecule has 0 saturated carbocycles. The Morgan fingerprint density at radius 2 is 1.92 bits per heavy atom. The number of rotatable bonds is 3. The maximum atomic E-state index is 12.8. The molecule has 1 amide bonds. The van der Waals surface area contributed by atoms with Crippen molar-refractivity contribution in [3.8, 4) is 0 Å². The van der Waals surface area contributed by atoms with Crippen molar-refractivity contribution in [2.45, 2.75) is 25.4 Å². The normalized spacial score (nSPS) is 23.9. The molecule has 3 aliphatic heterocycles. The zero-order valence-electron chi connectivity index (χ0n) is 13.7. The molecule has 4 heterocycles. The lowest BCUT2D eigenvalue weighted by atomic mass is 9.94. The van der Waals surface area contributed by atoms with Crippen LogP contribution in [-0.2, 0) is 6.54 Å². The van der Waals surface area contributed by atoms with Crippen LogP contribution in [0.5, 0.6) is 0 Å². The maximum Gasteiger partial charge on any atom is 0.255 e. The van der Waals surface area contributed by atoms with E-state index >= 15 is 0 Å². The summed E-state index contributed by atoms with van der Waals surface area (Å²) >= 11 is 0. The Morgan fingerprint density at radius 1 is 1.04 bits per heavy atom. The minimum atomic E-state index is 0.0983. The summed E-state index contributed by atoms with van der Waals surface area (Å²) in [5, 5.41) is 7.62. The third-order valence-electron chi connectivity index (χ3n) is 5.13. The van der Waals surface area contributed by atoms with Gasteiger partial charge in [0, 0.05) is 32.2 Å². The standard InChI is InChI=1S/C19H22N4O/c24-19(17-8-9-20-21-10-17)23-13-16-6-7-18(23)14-22(12-16)11-15-4-2-1-3-5-15/h1-5,8-10,16,18H,6-7,11-14H2/t16-,18+/m1/s1. The monoisotopic (exact) mass is 322 g/mol. The second-order valence-electron chi connectivity index (χ2n) is 6.87. The number of hydrogen-bond acceptors (Lipinski definition) is 4. The fraction of sp³-hybridized carbons (Fsp3) is 0.421. The first-order chi connectivity index (χ1) is 11.8. The van der Waals surface area contributed by atoms with Crippen LogP contribution in [-0.4, -0.2) is 51.6 Å². The second kappa shape index (κ2) is 6.69. The predicted octanol–water partition coefficient (Wildman–Crippen LogP) is 2.21. The predicted molar refractivity (Wildman–Crippen MR) is 91.3 cm³/mol. The van der Waals surface area contributed by atoms with E-state index in [2.05, 4.69) is 50.3 Å². The average Bonchev–Trinajstić information content (AvgIpc) is 2.93. The zero-order valence-corrected chi connectivity index (χ0v) is 13.7. The molecule has 3 fully saturated rings. The SMILES string of the molecule is O=C(c1ccnnc1)N1C[C@@H]2CC[C@H]1CN(Cc1ccccc1)C2. The van der Waals surface area contributed by atoms with Crippen molar-refractivity contribution in [2.75, 3.05) is 19.6 Å². The van der Waals surface area contributed by atoms with Crippen LogP contribution in [0.25, 0.3) is 0 Å². The summed E-state index contributed by atoms with van der Waals surface area (Å²) in [7, 11) is 0. The minimum absolute atomic E-state index is 0.0983. The van der Waals surface area contributed by atoms with Crippen LogP contribution in [0, 0.1) is 5.92 Å². The summed E-state index contributed by atoms with van der Waals surface area (Å²) in [6.07, 6.45) is 5.47. The molecule has 2 bridgehead atoms. The van der Waals surface area contributed by atoms with Crippen LogP contribution in [0.2, 0.25) is 0 Å². The number of piperidine rings is 1. The van der Waals surface area contributed by atoms with E-state index in [4.69, 9.17) is 0 Å². The topological polar surface area (TPSA) is 49.3 Å². The molecule has 3 aliphatic rings. The largest absolute Gasteiger partial charge is 0.334 e. The number of amides is 1. The summed E-state index contributed by atoms with van der Waals surface area (Å²) in [5.74, 6) is 0.660. The van der Waals surface area contributed by atoms with Gasteiger partial charge in [0.15, 0.2) is 0 Å². The highest BCUT2D eigenvalue weighted by Gasteiger charge is 2.37. The number of benzene rings is 1. The average molecular weight is 322 g/mol. The van der Waals surface area contributed by atoms with Crippen molar-refractivity contribution in [1.29, 1.82) is 0 Å². The summed E-state index contributed by atoms with van der Waals surface area (Å²) in [4.78, 5) is 17.4. The highest BCUT2D eigenvalue weighted by atomic mass is 16.2. The van der Waals surface area contributed by atoms with Gasteiger partial charge in [0.05, 0.1) is 18.0 Å². The molecule has 2 atom stereocenters. The van der Waals surface area contributed by atoms with Crippen molar-refractivity contribution < 1.29 is 4.79 Å². The van der Waals surface area contributed by atoms with Gasteiger partial charge in [-0.05, 0) is 30.4 Å². The second-order valence-corrected chi connectivity index (χ2v) is 6.87. The highest BCUT2D eigenvalue weighted by molar-refractivity contribution is 5.94. The lowest BCUT2D eigenvalue weighted by molar-refractivity contribution is 0.0584. The number of aromatic nitrogens is 2. The molecule has 3 saturated heterocycles. The summed E-state index contributed by atoms with van der Waals surface area (Å²) < 4.78 is 0. The molecular weight excluding hydrogens is 300 g/mol. The van der Waals surface area contributed by atoms with Crippen LogP contribution in [0.15, 0.2) is 48.8 Å². The Kier molecular flexibility index (Phi) is 4.26. The molecular formula is C19H22N4O. The molecule has 5 heteroatoms. The molecule has 1 aromatic heterocycles. The molecule has 124 valence electrons. The van der Waals surface area contributed by atoms with E-state index in [-0.39, 0.29) is 5.91 Å². The smallest absolute Gasteiger partial charge is 0.255 e. The van der Waals surface area contributed by atoms with Gasteiger partial charge in [-0.25, -0.2) is 0 Å². The zero-order chi connectivity index (χ0) is 16.4. The Balaban J connectivity index is 1.50. The molecule has 0 spiro atoms. The Morgan fingerprint density at radius 3 is 2.71 bits per heavy atom. The molecule has 0 N–H and O–H groups in total. The van der Waals surface area contributed by atoms with Crippen LogP contribution < -0.4 is 0 Å². The van der Waals surface area contributed by atoms with Crippen molar-refractivity contribution >= 4 is 5.91 Å². The number of fused-ring (bicyclic) bond motifs is 4. The van der Waals surface area contributed by atoms with E-state index in [0.717, 1.165) is 32.6 Å². The van der Waals surface area contributed by atoms with Crippen LogP contribution >= 0.6 is 0 Å². The van der Waals surface area contributed by atoms with Crippen LogP contribution in [0.1, 0.15) is 28.8 Å². The van der Waals surface area contributed by atoms with Gasteiger partial charge in [0.25, 0.3) is 5.91 Å². The molecule has 5 rings (SSSR count). The van der Waals surface area contributed by atoms with Gasteiger partial charge in [-0.3, -0.25) is 9.69 Å². The Bertz CT molecular complexity index is 691. The summed E-state index contributed by atoms with van der Waals surface area (Å²) in [5.41, 5.74) is 1.99. The summed E-state index contributed by atoms with van der Waals surface area (Å²) in [6, 6.07) is 12.7. The fourth-order valence-corrected chi connectivity index (χ4v) is 3.98. The molecule has 0 unspecified atom stereocenters. The van der Waals surface area contributed by atoms with Gasteiger partial charge < -0.3 is 4.90 Å². The Labute approximate surface area is 142 Å². The highest BCUT2D eigenvalue weighted by Crippen LogP contribution is 2.29. The molecule has 5 nitrogen and oxygen atoms in total. The minimum Gasteiger partial charge on any atom is -0.334 e. The van der Waals surface area contributed by atoms with E-state index in [1.54, 1.807) is 18.5 Å². The molecule has 0 aliphatic carbocycles. The number of hydrogen-bond donors (Lipinski definition) is 0. The van der Waals surface area contributed by atoms with E-state index < -0.39 is 0 Å². The Hall–Kier alpha value is -2.27. The van der Waals surface area contributed by atoms with Gasteiger partial charge >= 0.3 is 0 Å². The van der Waals surface area contributed by atoms with Crippen molar-refractivity contribution in [2.24, 2.45) is 5.92 Å². The first kappa shape index (κ1) is 15.3. The van der Waals surface area contributed by atoms with E-state index in [1.807, 2.05) is 0 Å². The lowest BCUT2D eigenvalue weighted by Gasteiger charge is -2.36. The lowest BCUT2D eigenvalue weighted by Crippen LogP contribution is -2.47. The molecule has 1 aromatic carbocycles. The van der Waals surface area contributed by atoms with E-state index in [0.29, 0.717) is 17.5 Å². The number of carbonyl (C=O) groups excluding carboxylic acids is 1. The summed E-state index contributed by atoms with van der Waals surface area (Å²) in [6.45, 7) is 3.85. The van der Waals surface area contributed by atoms with Crippen LogP contribution in [0.4, 0.5) is 0 Å². The first-order valence-corrected chi connectivity index (χ1v) is 8.63. The number of nitrogens with zero attached hydrogens (tertiary/aromatic N) is 4. The quantitative estimate of drug-likeness (QED) is 0.869. The third-order valence-corrected chi connectivity index (χ3v) is 5.13. The van der Waals surface area contributed by atoms with Crippen molar-refractivity contribution in [3.63, 3.8) is 0 Å². The van der Waals surface area contributed by atoms with Crippen LogP contribution in [0.3, 0.4) is 0 Å². The van der Waals surface area contributed by atoms with E-state index in [1.165, 1.54) is 12.0 Å². The molecule has 24 heavy (non-hydrogen) atoms. The van der Waals surface area contributed by atoms with Gasteiger partial charge in [-0.1, -0.05) is 30.3 Å². The van der Waals surface area contributed by atoms with Crippen molar-refractivity contribution in [1.82, 2.24) is 20.0 Å². The third kappa shape index (κ3) is 3.17. The van der Waals surface area contributed by atoms with Crippen molar-refractivity contribution in [3.05, 3.63) is 59.9 Å². The van der Waals surface area contributed by atoms with Gasteiger partial charge in [0.2, 0.25) is 0 Å². The van der Waals surface area contributed by atoms with Gasteiger partial charge in [-0.15, -0.1) is 0 Å². The van der Waals surface area contributed by atoms with E-state index in [9.17, 15) is 4.79 Å². The van der Waals surface area contributed by atoms with Gasteiger partial charge in [-0.2, -0.15) is 10.2 Å². The fourth-order valence-electron chi connectivity index (χ4n) is 3.98. The molecule has 0 radical (unpaired) electrons. The maximum absolute atomic E-state index is 12.8. The first-order valence-electron chi connectivity index (χ1n) is 8.63. The molecule has 2 aromatic rings. The van der Waals surface area contributed by atoms with Gasteiger partial charge in [0.1, 0.15) is 0 Å².